The van der Waals surface area contributed by atoms with Gasteiger partial charge in [-0.25, -0.2) is 0 Å². The maximum Gasteiger partial charge on any atom is 0.270 e. The van der Waals surface area contributed by atoms with Crippen molar-refractivity contribution < 1.29 is 9.53 Å². The number of ether oxygens (including phenoxy) is 1. The Morgan fingerprint density at radius 1 is 1.29 bits per heavy atom. The summed E-state index contributed by atoms with van der Waals surface area (Å²) in [5.74, 6) is 0.526. The third kappa shape index (κ3) is 2.28. The van der Waals surface area contributed by atoms with Crippen LogP contribution in [-0.2, 0) is 0 Å². The molecule has 0 atom stereocenters. The Hall–Kier alpha value is -2.30. The first-order valence-corrected chi connectivity index (χ1v) is 6.98. The summed E-state index contributed by atoms with van der Waals surface area (Å²) in [6.45, 7) is 0. The summed E-state index contributed by atoms with van der Waals surface area (Å²) in [6, 6.07) is 7.27. The number of amides is 1. The van der Waals surface area contributed by atoms with E-state index < -0.39 is 0 Å². The predicted molar refractivity (Wildman–Crippen MR) is 81.0 cm³/mol. The van der Waals surface area contributed by atoms with Gasteiger partial charge in [0.05, 0.1) is 7.11 Å². The van der Waals surface area contributed by atoms with Gasteiger partial charge in [-0.1, -0.05) is 0 Å². The highest BCUT2D eigenvalue weighted by Gasteiger charge is 2.30. The van der Waals surface area contributed by atoms with Crippen LogP contribution >= 0.6 is 0 Å². The summed E-state index contributed by atoms with van der Waals surface area (Å²) in [4.78, 5) is 26.6. The van der Waals surface area contributed by atoms with Crippen LogP contribution in [0.15, 0.2) is 29.1 Å². The van der Waals surface area contributed by atoms with Gasteiger partial charge >= 0.3 is 0 Å². The second-order valence-corrected chi connectivity index (χ2v) is 5.59. The molecule has 0 aliphatic heterocycles. The first-order chi connectivity index (χ1) is 10.0. The molecule has 0 spiro atoms. The number of fused-ring (bicyclic) bond motifs is 1. The topological polar surface area (TPSA) is 51.5 Å². The zero-order valence-corrected chi connectivity index (χ0v) is 12.4. The molecule has 0 unspecified atom stereocenters. The fraction of sp³-hybridized carbons (Fsp3) is 0.375. The number of carbonyl (C=O) groups is 1. The fourth-order valence-corrected chi connectivity index (χ4v) is 2.53. The quantitative estimate of drug-likeness (QED) is 0.867. The molecule has 1 aliphatic rings. The Bertz CT molecular complexity index is 773. The molecular weight excluding hydrogens is 268 g/mol. The zero-order chi connectivity index (χ0) is 15.1. The van der Waals surface area contributed by atoms with Crippen LogP contribution in [0.25, 0.3) is 10.8 Å². The van der Waals surface area contributed by atoms with E-state index in [9.17, 15) is 9.59 Å². The highest BCUT2D eigenvalue weighted by Crippen LogP contribution is 2.35. The van der Waals surface area contributed by atoms with Gasteiger partial charge in [0, 0.05) is 25.5 Å². The number of nitrogens with zero attached hydrogens (tertiary/aromatic N) is 2. The summed E-state index contributed by atoms with van der Waals surface area (Å²) >= 11 is 0. The zero-order valence-electron chi connectivity index (χ0n) is 12.4. The molecule has 1 aromatic heterocycles. The first-order valence-electron chi connectivity index (χ1n) is 6.98. The van der Waals surface area contributed by atoms with Gasteiger partial charge in [-0.2, -0.15) is 0 Å². The molecule has 5 heteroatoms. The lowest BCUT2D eigenvalue weighted by Crippen LogP contribution is -2.31. The van der Waals surface area contributed by atoms with Gasteiger partial charge in [-0.05, 0) is 42.5 Å². The van der Waals surface area contributed by atoms with Crippen molar-refractivity contribution in [1.29, 1.82) is 0 Å². The molecule has 5 nitrogen and oxygen atoms in total. The highest BCUT2D eigenvalue weighted by molar-refractivity contribution is 5.96. The smallest absolute Gasteiger partial charge is 0.270 e. The van der Waals surface area contributed by atoms with E-state index in [1.54, 1.807) is 50.0 Å². The molecule has 1 fully saturated rings. The molecule has 0 bridgehead atoms. The molecule has 2 aromatic rings. The number of hydrogen-bond donors (Lipinski definition) is 0. The lowest BCUT2D eigenvalue weighted by atomic mass is 10.1. The van der Waals surface area contributed by atoms with E-state index in [2.05, 4.69) is 0 Å². The van der Waals surface area contributed by atoms with Gasteiger partial charge in [-0.3, -0.25) is 9.59 Å². The Morgan fingerprint density at radius 3 is 2.57 bits per heavy atom. The average Bonchev–Trinajstić information content (AvgIpc) is 3.30. The van der Waals surface area contributed by atoms with Crippen LogP contribution < -0.4 is 10.3 Å². The van der Waals surface area contributed by atoms with Gasteiger partial charge < -0.3 is 14.2 Å². The molecule has 0 saturated heterocycles. The number of pyridine rings is 1. The van der Waals surface area contributed by atoms with Crippen LogP contribution in [0.5, 0.6) is 5.75 Å². The lowest BCUT2D eigenvalue weighted by molar-refractivity contribution is 0.0815. The maximum atomic E-state index is 12.7. The molecule has 0 radical (unpaired) electrons. The molecule has 1 heterocycles. The van der Waals surface area contributed by atoms with Crippen molar-refractivity contribution >= 4 is 16.7 Å². The number of rotatable bonds is 3. The number of carbonyl (C=O) groups excluding carboxylic acids is 1. The van der Waals surface area contributed by atoms with Crippen LogP contribution in [0, 0.1) is 0 Å². The number of benzene rings is 1. The van der Waals surface area contributed by atoms with Crippen LogP contribution in [0.3, 0.4) is 0 Å². The normalized spacial score (nSPS) is 14.2. The molecule has 1 aliphatic carbocycles. The minimum atomic E-state index is -0.149. The standard InChI is InChI=1S/C16H18N2O3/c1-17(2)16(20)14-9-10-8-12(21-3)6-7-13(10)15(19)18(14)11-4-5-11/h6-9,11H,4-5H2,1-3H3. The molecular formula is C16H18N2O3. The Balaban J connectivity index is 2.30. The third-order valence-electron chi connectivity index (χ3n) is 3.80. The van der Waals surface area contributed by atoms with Gasteiger partial charge in [-0.15, -0.1) is 0 Å². The second kappa shape index (κ2) is 4.91. The summed E-state index contributed by atoms with van der Waals surface area (Å²) < 4.78 is 6.85. The van der Waals surface area contributed by atoms with Crippen molar-refractivity contribution in [1.82, 2.24) is 9.47 Å². The highest BCUT2D eigenvalue weighted by atomic mass is 16.5. The van der Waals surface area contributed by atoms with Crippen molar-refractivity contribution in [2.45, 2.75) is 18.9 Å². The Labute approximate surface area is 122 Å². The Kier molecular flexibility index (Phi) is 3.20. The SMILES string of the molecule is COc1ccc2c(=O)n(C3CC3)c(C(=O)N(C)C)cc2c1. The van der Waals surface area contributed by atoms with Crippen molar-refractivity contribution in [2.24, 2.45) is 0 Å². The summed E-state index contributed by atoms with van der Waals surface area (Å²) in [5.41, 5.74) is 0.358. The van der Waals surface area contributed by atoms with Crippen molar-refractivity contribution in [3.05, 3.63) is 40.3 Å². The van der Waals surface area contributed by atoms with E-state index in [0.717, 1.165) is 18.2 Å². The van der Waals surface area contributed by atoms with Crippen molar-refractivity contribution in [3.63, 3.8) is 0 Å². The third-order valence-corrected chi connectivity index (χ3v) is 3.80. The average molecular weight is 286 g/mol. The van der Waals surface area contributed by atoms with Crippen LogP contribution in [0.4, 0.5) is 0 Å². The van der Waals surface area contributed by atoms with E-state index in [1.807, 2.05) is 0 Å². The summed E-state index contributed by atoms with van der Waals surface area (Å²) in [5, 5.41) is 1.36. The van der Waals surface area contributed by atoms with Gasteiger partial charge in [0.25, 0.3) is 11.5 Å². The minimum absolute atomic E-state index is 0.0946. The predicted octanol–water partition coefficient (Wildman–Crippen LogP) is 2.05. The van der Waals surface area contributed by atoms with E-state index in [1.165, 1.54) is 4.90 Å². The molecule has 1 amide bonds. The number of aromatic nitrogens is 1. The van der Waals surface area contributed by atoms with Gasteiger partial charge in [0.2, 0.25) is 0 Å². The lowest BCUT2D eigenvalue weighted by Gasteiger charge is -2.17. The molecule has 1 saturated carbocycles. The number of methoxy groups -OCH3 is 1. The van der Waals surface area contributed by atoms with Gasteiger partial charge in [0.1, 0.15) is 11.4 Å². The van der Waals surface area contributed by atoms with E-state index in [-0.39, 0.29) is 17.5 Å². The fourth-order valence-electron chi connectivity index (χ4n) is 2.53. The molecule has 3 rings (SSSR count). The summed E-state index contributed by atoms with van der Waals surface area (Å²) in [7, 11) is 4.97. The first kappa shape index (κ1) is 13.7. The monoisotopic (exact) mass is 286 g/mol. The van der Waals surface area contributed by atoms with E-state index in [0.29, 0.717) is 16.8 Å². The van der Waals surface area contributed by atoms with E-state index >= 15 is 0 Å². The van der Waals surface area contributed by atoms with Gasteiger partial charge in [0.15, 0.2) is 0 Å². The molecule has 1 aromatic carbocycles. The Morgan fingerprint density at radius 2 is 2.00 bits per heavy atom. The molecule has 21 heavy (non-hydrogen) atoms. The van der Waals surface area contributed by atoms with E-state index in [4.69, 9.17) is 4.74 Å². The molecule has 110 valence electrons. The van der Waals surface area contributed by atoms with Crippen LogP contribution in [0.2, 0.25) is 0 Å². The summed E-state index contributed by atoms with van der Waals surface area (Å²) in [6.07, 6.45) is 1.91. The number of hydrogen-bond acceptors (Lipinski definition) is 3. The van der Waals surface area contributed by atoms with Crippen LogP contribution in [0.1, 0.15) is 29.4 Å². The largest absolute Gasteiger partial charge is 0.497 e. The van der Waals surface area contributed by atoms with Crippen molar-refractivity contribution in [3.8, 4) is 5.75 Å². The van der Waals surface area contributed by atoms with Crippen molar-refractivity contribution in [2.75, 3.05) is 21.2 Å². The van der Waals surface area contributed by atoms with Crippen LogP contribution in [-0.4, -0.2) is 36.6 Å². The second-order valence-electron chi connectivity index (χ2n) is 5.59. The molecule has 0 N–H and O–H groups in total. The maximum absolute atomic E-state index is 12.7. The minimum Gasteiger partial charge on any atom is -0.497 e.